The summed E-state index contributed by atoms with van der Waals surface area (Å²) in [4.78, 5) is 4.98. The van der Waals surface area contributed by atoms with Gasteiger partial charge in [-0.15, -0.1) is 0 Å². The molecule has 0 aromatic heterocycles. The van der Waals surface area contributed by atoms with Crippen molar-refractivity contribution < 1.29 is 0 Å². The average Bonchev–Trinajstić information content (AvgIpc) is 2.45. The van der Waals surface area contributed by atoms with Gasteiger partial charge in [0.15, 0.2) is 0 Å². The van der Waals surface area contributed by atoms with Gasteiger partial charge < -0.3 is 10.2 Å². The molecule has 1 aromatic carbocycles. The van der Waals surface area contributed by atoms with Gasteiger partial charge >= 0.3 is 0 Å². The van der Waals surface area contributed by atoms with E-state index in [2.05, 4.69) is 34.3 Å². The standard InChI is InChI=1S/C17H26ClN3/c1-20-8-10-21(11-9-20)7-6-19-17-12-15(13-17)14-2-4-16(18)5-3-14/h2-5,15,17,19H,6-13H2,1H3. The van der Waals surface area contributed by atoms with Gasteiger partial charge in [0.2, 0.25) is 0 Å². The quantitative estimate of drug-likeness (QED) is 0.901. The van der Waals surface area contributed by atoms with Gasteiger partial charge in [0, 0.05) is 50.3 Å². The molecule has 0 bridgehead atoms. The van der Waals surface area contributed by atoms with Gasteiger partial charge in [0.25, 0.3) is 0 Å². The second-order valence-corrected chi connectivity index (χ2v) is 6.95. The smallest absolute Gasteiger partial charge is 0.0406 e. The lowest BCUT2D eigenvalue weighted by atomic mass is 9.76. The van der Waals surface area contributed by atoms with E-state index in [4.69, 9.17) is 11.6 Å². The highest BCUT2D eigenvalue weighted by Gasteiger charge is 2.29. The molecule has 1 saturated carbocycles. The van der Waals surface area contributed by atoms with E-state index >= 15 is 0 Å². The van der Waals surface area contributed by atoms with Crippen molar-refractivity contribution in [2.45, 2.75) is 24.8 Å². The molecule has 3 rings (SSSR count). The third kappa shape index (κ3) is 4.19. The number of piperazine rings is 1. The predicted molar refractivity (Wildman–Crippen MR) is 89.2 cm³/mol. The number of halogens is 1. The van der Waals surface area contributed by atoms with Crippen molar-refractivity contribution in [2.24, 2.45) is 0 Å². The van der Waals surface area contributed by atoms with Crippen molar-refractivity contribution in [1.29, 1.82) is 0 Å². The summed E-state index contributed by atoms with van der Waals surface area (Å²) in [5.41, 5.74) is 1.44. The molecule has 0 amide bonds. The molecule has 0 atom stereocenters. The fraction of sp³-hybridized carbons (Fsp3) is 0.647. The van der Waals surface area contributed by atoms with Crippen LogP contribution in [-0.4, -0.2) is 62.2 Å². The van der Waals surface area contributed by atoms with Crippen LogP contribution in [-0.2, 0) is 0 Å². The Hall–Kier alpha value is -0.610. The van der Waals surface area contributed by atoms with Gasteiger partial charge in [0.1, 0.15) is 0 Å². The number of hydrogen-bond donors (Lipinski definition) is 1. The molecule has 1 saturated heterocycles. The zero-order chi connectivity index (χ0) is 14.7. The maximum atomic E-state index is 5.94. The van der Waals surface area contributed by atoms with E-state index in [1.165, 1.54) is 51.1 Å². The number of likely N-dealkylation sites (N-methyl/N-ethyl adjacent to an activating group) is 1. The van der Waals surface area contributed by atoms with Crippen LogP contribution in [0.25, 0.3) is 0 Å². The summed E-state index contributed by atoms with van der Waals surface area (Å²) >= 11 is 5.94. The third-order valence-electron chi connectivity index (χ3n) is 4.94. The normalized spacial score (nSPS) is 27.5. The Labute approximate surface area is 133 Å². The molecule has 1 heterocycles. The van der Waals surface area contributed by atoms with Crippen molar-refractivity contribution in [3.63, 3.8) is 0 Å². The van der Waals surface area contributed by atoms with E-state index in [0.717, 1.165) is 17.5 Å². The summed E-state index contributed by atoms with van der Waals surface area (Å²) < 4.78 is 0. The highest BCUT2D eigenvalue weighted by Crippen LogP contribution is 2.37. The molecule has 1 aliphatic heterocycles. The molecule has 2 fully saturated rings. The first kappa shape index (κ1) is 15.3. The summed E-state index contributed by atoms with van der Waals surface area (Å²) in [5, 5.41) is 4.54. The number of nitrogens with one attached hydrogen (secondary N) is 1. The molecular weight excluding hydrogens is 282 g/mol. The number of rotatable bonds is 5. The molecule has 3 nitrogen and oxygen atoms in total. The number of nitrogens with zero attached hydrogens (tertiary/aromatic N) is 2. The first-order valence-electron chi connectivity index (χ1n) is 8.10. The van der Waals surface area contributed by atoms with E-state index in [1.54, 1.807) is 0 Å². The lowest BCUT2D eigenvalue weighted by Gasteiger charge is -2.37. The minimum atomic E-state index is 0.707. The number of hydrogen-bond acceptors (Lipinski definition) is 3. The van der Waals surface area contributed by atoms with Crippen LogP contribution in [0, 0.1) is 0 Å². The fourth-order valence-electron chi connectivity index (χ4n) is 3.29. The molecule has 1 N–H and O–H groups in total. The molecule has 0 spiro atoms. The Morgan fingerprint density at radius 1 is 1.10 bits per heavy atom. The molecule has 21 heavy (non-hydrogen) atoms. The van der Waals surface area contributed by atoms with Gasteiger partial charge in [-0.2, -0.15) is 0 Å². The summed E-state index contributed by atoms with van der Waals surface area (Å²) in [5.74, 6) is 0.725. The zero-order valence-electron chi connectivity index (χ0n) is 12.9. The van der Waals surface area contributed by atoms with Crippen LogP contribution in [0.4, 0.5) is 0 Å². The minimum Gasteiger partial charge on any atom is -0.313 e. The van der Waals surface area contributed by atoms with Crippen molar-refractivity contribution >= 4 is 11.6 Å². The largest absolute Gasteiger partial charge is 0.313 e. The van der Waals surface area contributed by atoms with Crippen molar-refractivity contribution in [1.82, 2.24) is 15.1 Å². The maximum Gasteiger partial charge on any atom is 0.0406 e. The average molecular weight is 308 g/mol. The highest BCUT2D eigenvalue weighted by atomic mass is 35.5. The lowest BCUT2D eigenvalue weighted by Crippen LogP contribution is -2.48. The van der Waals surface area contributed by atoms with E-state index in [0.29, 0.717) is 6.04 Å². The van der Waals surface area contributed by atoms with Crippen molar-refractivity contribution in [3.8, 4) is 0 Å². The van der Waals surface area contributed by atoms with Gasteiger partial charge in [-0.25, -0.2) is 0 Å². The Balaban J connectivity index is 1.31. The molecular formula is C17H26ClN3. The van der Waals surface area contributed by atoms with Crippen LogP contribution < -0.4 is 5.32 Å². The van der Waals surface area contributed by atoms with Crippen LogP contribution in [0.15, 0.2) is 24.3 Å². The topological polar surface area (TPSA) is 18.5 Å². The highest BCUT2D eigenvalue weighted by molar-refractivity contribution is 6.30. The SMILES string of the molecule is CN1CCN(CCNC2CC(c3ccc(Cl)cc3)C2)CC1. The van der Waals surface area contributed by atoms with Crippen LogP contribution in [0.1, 0.15) is 24.3 Å². The Morgan fingerprint density at radius 2 is 1.76 bits per heavy atom. The number of benzene rings is 1. The summed E-state index contributed by atoms with van der Waals surface area (Å²) in [6.07, 6.45) is 2.54. The van der Waals surface area contributed by atoms with Gasteiger partial charge in [-0.3, -0.25) is 4.90 Å². The summed E-state index contributed by atoms with van der Waals surface area (Å²) in [6, 6.07) is 9.06. The fourth-order valence-corrected chi connectivity index (χ4v) is 3.42. The second-order valence-electron chi connectivity index (χ2n) is 6.52. The van der Waals surface area contributed by atoms with Crippen LogP contribution >= 0.6 is 11.6 Å². The van der Waals surface area contributed by atoms with E-state index in [9.17, 15) is 0 Å². The zero-order valence-corrected chi connectivity index (χ0v) is 13.6. The summed E-state index contributed by atoms with van der Waals surface area (Å²) in [6.45, 7) is 7.17. The van der Waals surface area contributed by atoms with Gasteiger partial charge in [-0.1, -0.05) is 23.7 Å². The first-order chi connectivity index (χ1) is 10.2. The monoisotopic (exact) mass is 307 g/mol. The van der Waals surface area contributed by atoms with Crippen LogP contribution in [0.5, 0.6) is 0 Å². The Kier molecular flexibility index (Phi) is 5.17. The van der Waals surface area contributed by atoms with E-state index < -0.39 is 0 Å². The predicted octanol–water partition coefficient (Wildman–Crippen LogP) is 2.42. The summed E-state index contributed by atoms with van der Waals surface area (Å²) in [7, 11) is 2.21. The molecule has 1 aromatic rings. The van der Waals surface area contributed by atoms with Crippen LogP contribution in [0.3, 0.4) is 0 Å². The Morgan fingerprint density at radius 3 is 2.43 bits per heavy atom. The van der Waals surface area contributed by atoms with Gasteiger partial charge in [0.05, 0.1) is 0 Å². The minimum absolute atomic E-state index is 0.707. The molecule has 0 unspecified atom stereocenters. The Bertz CT molecular complexity index is 434. The van der Waals surface area contributed by atoms with Crippen LogP contribution in [0.2, 0.25) is 5.02 Å². The lowest BCUT2D eigenvalue weighted by molar-refractivity contribution is 0.150. The molecule has 0 radical (unpaired) electrons. The molecule has 2 aliphatic rings. The second kappa shape index (κ2) is 7.10. The van der Waals surface area contributed by atoms with E-state index in [-0.39, 0.29) is 0 Å². The first-order valence-corrected chi connectivity index (χ1v) is 8.48. The van der Waals surface area contributed by atoms with Crippen molar-refractivity contribution in [2.75, 3.05) is 46.3 Å². The maximum absolute atomic E-state index is 5.94. The van der Waals surface area contributed by atoms with E-state index in [1.807, 2.05) is 12.1 Å². The third-order valence-corrected chi connectivity index (χ3v) is 5.19. The van der Waals surface area contributed by atoms with Crippen molar-refractivity contribution in [3.05, 3.63) is 34.9 Å². The van der Waals surface area contributed by atoms with Gasteiger partial charge in [-0.05, 0) is 43.5 Å². The molecule has 4 heteroatoms. The molecule has 1 aliphatic carbocycles. The molecule has 116 valence electrons.